The summed E-state index contributed by atoms with van der Waals surface area (Å²) in [6.07, 6.45) is 1.94. The monoisotopic (exact) mass is 277 g/mol. The summed E-state index contributed by atoms with van der Waals surface area (Å²) in [7, 11) is 0. The molecular formula is C12H8FN3O2S. The summed E-state index contributed by atoms with van der Waals surface area (Å²) in [5.41, 5.74) is 0.920. The van der Waals surface area contributed by atoms with Crippen LogP contribution in [0, 0.1) is 5.82 Å². The zero-order chi connectivity index (χ0) is 13.4. The van der Waals surface area contributed by atoms with E-state index in [0.29, 0.717) is 11.4 Å². The van der Waals surface area contributed by atoms with E-state index in [-0.39, 0.29) is 11.5 Å². The maximum absolute atomic E-state index is 12.8. The van der Waals surface area contributed by atoms with E-state index in [1.165, 1.54) is 34.2 Å². The van der Waals surface area contributed by atoms with E-state index >= 15 is 0 Å². The number of halogens is 1. The van der Waals surface area contributed by atoms with Crippen LogP contribution in [0.15, 0.2) is 30.5 Å². The highest BCUT2D eigenvalue weighted by Gasteiger charge is 2.12. The minimum absolute atomic E-state index is 0.0212. The molecule has 19 heavy (non-hydrogen) atoms. The lowest BCUT2D eigenvalue weighted by atomic mass is 10.2. The van der Waals surface area contributed by atoms with Crippen LogP contribution < -0.4 is 0 Å². The molecule has 1 N–H and O–H groups in total. The summed E-state index contributed by atoms with van der Waals surface area (Å²) in [4.78, 5) is 15.2. The van der Waals surface area contributed by atoms with Crippen molar-refractivity contribution in [2.75, 3.05) is 0 Å². The quantitative estimate of drug-likeness (QED) is 0.797. The fourth-order valence-electron chi connectivity index (χ4n) is 1.69. The Morgan fingerprint density at radius 2 is 2.11 bits per heavy atom. The van der Waals surface area contributed by atoms with Gasteiger partial charge in [0.1, 0.15) is 10.8 Å². The lowest BCUT2D eigenvalue weighted by Gasteiger charge is -1.96. The molecule has 0 aliphatic heterocycles. The van der Waals surface area contributed by atoms with Gasteiger partial charge in [-0.25, -0.2) is 18.7 Å². The predicted molar refractivity (Wildman–Crippen MR) is 67.0 cm³/mol. The molecular weight excluding hydrogens is 269 g/mol. The molecule has 96 valence electrons. The maximum atomic E-state index is 12.8. The molecule has 0 spiro atoms. The van der Waals surface area contributed by atoms with Crippen LogP contribution in [-0.2, 0) is 6.42 Å². The summed E-state index contributed by atoms with van der Waals surface area (Å²) in [6.45, 7) is 0. The van der Waals surface area contributed by atoms with Gasteiger partial charge < -0.3 is 5.11 Å². The molecule has 0 aliphatic carbocycles. The van der Waals surface area contributed by atoms with Crippen LogP contribution in [0.5, 0.6) is 0 Å². The molecule has 5 nitrogen and oxygen atoms in total. The third-order valence-corrected chi connectivity index (χ3v) is 3.50. The number of carbonyl (C=O) groups is 1. The fourth-order valence-corrected chi connectivity index (χ4v) is 2.60. The van der Waals surface area contributed by atoms with E-state index in [9.17, 15) is 9.18 Å². The number of carboxylic acid groups (broad SMARTS) is 1. The van der Waals surface area contributed by atoms with Gasteiger partial charge in [0.05, 0.1) is 6.20 Å². The number of nitrogens with zero attached hydrogens (tertiary/aromatic N) is 3. The van der Waals surface area contributed by atoms with Gasteiger partial charge in [0.25, 0.3) is 0 Å². The Hall–Kier alpha value is -2.28. The number of aromatic carboxylic acids is 1. The highest BCUT2D eigenvalue weighted by atomic mass is 32.1. The maximum Gasteiger partial charge on any atom is 0.356 e. The Labute approximate surface area is 111 Å². The van der Waals surface area contributed by atoms with E-state index in [1.807, 2.05) is 0 Å². The van der Waals surface area contributed by atoms with E-state index in [2.05, 4.69) is 10.1 Å². The van der Waals surface area contributed by atoms with Crippen LogP contribution in [0.3, 0.4) is 0 Å². The Morgan fingerprint density at radius 1 is 1.37 bits per heavy atom. The molecule has 3 aromatic rings. The van der Waals surface area contributed by atoms with Gasteiger partial charge in [-0.05, 0) is 17.7 Å². The van der Waals surface area contributed by atoms with E-state index in [4.69, 9.17) is 5.11 Å². The molecule has 0 fully saturated rings. The molecule has 0 unspecified atom stereocenters. The molecule has 0 radical (unpaired) electrons. The highest BCUT2D eigenvalue weighted by molar-refractivity contribution is 7.16. The van der Waals surface area contributed by atoms with Gasteiger partial charge in [0.15, 0.2) is 5.69 Å². The van der Waals surface area contributed by atoms with Crippen LogP contribution in [0.2, 0.25) is 0 Å². The van der Waals surface area contributed by atoms with E-state index in [1.54, 1.807) is 12.1 Å². The second-order valence-corrected chi connectivity index (χ2v) is 5.00. The van der Waals surface area contributed by atoms with Crippen molar-refractivity contribution < 1.29 is 14.3 Å². The minimum atomic E-state index is -1.07. The fraction of sp³-hybridized carbons (Fsp3) is 0.0833. The Morgan fingerprint density at radius 3 is 2.74 bits per heavy atom. The molecule has 0 aliphatic rings. The van der Waals surface area contributed by atoms with Crippen molar-refractivity contribution in [2.45, 2.75) is 6.42 Å². The number of hydrogen-bond donors (Lipinski definition) is 1. The van der Waals surface area contributed by atoms with Crippen LogP contribution in [0.1, 0.15) is 21.1 Å². The van der Waals surface area contributed by atoms with Crippen molar-refractivity contribution in [1.29, 1.82) is 0 Å². The predicted octanol–water partition coefficient (Wildman–Crippen LogP) is 2.22. The molecule has 3 rings (SSSR count). The van der Waals surface area contributed by atoms with E-state index in [0.717, 1.165) is 10.6 Å². The van der Waals surface area contributed by atoms with Gasteiger partial charge in [-0.3, -0.25) is 0 Å². The van der Waals surface area contributed by atoms with Crippen molar-refractivity contribution in [3.05, 3.63) is 52.5 Å². The molecule has 7 heteroatoms. The van der Waals surface area contributed by atoms with Gasteiger partial charge in [-0.1, -0.05) is 23.5 Å². The molecule has 0 saturated heterocycles. The normalized spacial score (nSPS) is 11.0. The van der Waals surface area contributed by atoms with Crippen molar-refractivity contribution in [2.24, 2.45) is 0 Å². The first kappa shape index (κ1) is 11.8. The third kappa shape index (κ3) is 2.32. The standard InChI is InChI=1S/C12H8FN3O2S/c13-8-3-1-7(2-4-8)5-10-15-16-6-9(11(17)18)14-12(16)19-10/h1-4,6H,5H2,(H,17,18). The van der Waals surface area contributed by atoms with Crippen LogP contribution in [0.4, 0.5) is 4.39 Å². The van der Waals surface area contributed by atoms with Crippen LogP contribution >= 0.6 is 11.3 Å². The lowest BCUT2D eigenvalue weighted by Crippen LogP contribution is -1.96. The Balaban J connectivity index is 1.87. The number of hydrogen-bond acceptors (Lipinski definition) is 4. The molecule has 0 amide bonds. The Kier molecular flexibility index (Phi) is 2.75. The number of rotatable bonds is 3. The van der Waals surface area contributed by atoms with Gasteiger partial charge in [-0.15, -0.1) is 0 Å². The number of carboxylic acids is 1. The number of fused-ring (bicyclic) bond motifs is 1. The molecule has 0 saturated carbocycles. The number of imidazole rings is 1. The average Bonchev–Trinajstić information content (AvgIpc) is 2.90. The summed E-state index contributed by atoms with van der Waals surface area (Å²) in [6, 6.07) is 6.19. The molecule has 1 aromatic carbocycles. The van der Waals surface area contributed by atoms with Crippen molar-refractivity contribution in [1.82, 2.24) is 14.6 Å². The zero-order valence-electron chi connectivity index (χ0n) is 9.58. The highest BCUT2D eigenvalue weighted by Crippen LogP contribution is 2.18. The van der Waals surface area contributed by atoms with Crippen molar-refractivity contribution in [3.8, 4) is 0 Å². The number of benzene rings is 1. The average molecular weight is 277 g/mol. The summed E-state index contributed by atoms with van der Waals surface area (Å²) in [5, 5.41) is 13.8. The van der Waals surface area contributed by atoms with Gasteiger partial charge >= 0.3 is 5.97 Å². The number of aromatic nitrogens is 3. The van der Waals surface area contributed by atoms with Crippen molar-refractivity contribution in [3.63, 3.8) is 0 Å². The topological polar surface area (TPSA) is 67.5 Å². The van der Waals surface area contributed by atoms with Gasteiger partial charge in [-0.2, -0.15) is 5.10 Å². The summed E-state index contributed by atoms with van der Waals surface area (Å²) < 4.78 is 14.2. The van der Waals surface area contributed by atoms with Gasteiger partial charge in [0.2, 0.25) is 4.96 Å². The molecule has 0 bridgehead atoms. The first-order chi connectivity index (χ1) is 9.11. The SMILES string of the molecule is O=C(O)c1cn2nc(Cc3ccc(F)cc3)sc2n1. The second-order valence-electron chi connectivity index (χ2n) is 3.96. The largest absolute Gasteiger partial charge is 0.476 e. The smallest absolute Gasteiger partial charge is 0.356 e. The first-order valence-corrected chi connectivity index (χ1v) is 6.26. The van der Waals surface area contributed by atoms with Crippen molar-refractivity contribution >= 4 is 22.3 Å². The minimum Gasteiger partial charge on any atom is -0.476 e. The molecule has 0 atom stereocenters. The Bertz CT molecular complexity index is 717. The lowest BCUT2D eigenvalue weighted by molar-refractivity contribution is 0.0691. The van der Waals surface area contributed by atoms with Gasteiger partial charge in [0, 0.05) is 6.42 Å². The van der Waals surface area contributed by atoms with Crippen LogP contribution in [-0.4, -0.2) is 25.7 Å². The molecule has 2 aromatic heterocycles. The van der Waals surface area contributed by atoms with Crippen LogP contribution in [0.25, 0.3) is 4.96 Å². The second kappa shape index (κ2) is 4.43. The summed E-state index contributed by atoms with van der Waals surface area (Å²) in [5.74, 6) is -1.35. The zero-order valence-corrected chi connectivity index (χ0v) is 10.4. The third-order valence-electron chi connectivity index (χ3n) is 2.57. The first-order valence-electron chi connectivity index (χ1n) is 5.44. The van der Waals surface area contributed by atoms with E-state index < -0.39 is 5.97 Å². The summed E-state index contributed by atoms with van der Waals surface area (Å²) >= 11 is 1.32. The molecule has 2 heterocycles.